The van der Waals surface area contributed by atoms with Crippen molar-refractivity contribution < 1.29 is 9.59 Å². The van der Waals surface area contributed by atoms with Gasteiger partial charge in [-0.3, -0.25) is 9.59 Å². The van der Waals surface area contributed by atoms with Crippen molar-refractivity contribution in [2.75, 3.05) is 0 Å². The first-order chi connectivity index (χ1) is 11.0. The van der Waals surface area contributed by atoms with E-state index in [4.69, 9.17) is 0 Å². The average molecular weight is 309 g/mol. The summed E-state index contributed by atoms with van der Waals surface area (Å²) in [6.45, 7) is 4.27. The molecule has 0 bridgehead atoms. The van der Waals surface area contributed by atoms with Crippen molar-refractivity contribution in [1.82, 2.24) is 10.7 Å². The van der Waals surface area contributed by atoms with Crippen molar-refractivity contribution in [3.63, 3.8) is 0 Å². The molecule has 0 atom stereocenters. The summed E-state index contributed by atoms with van der Waals surface area (Å²) < 4.78 is 0. The van der Waals surface area contributed by atoms with Crippen molar-refractivity contribution in [2.24, 2.45) is 5.10 Å². The van der Waals surface area contributed by atoms with Crippen molar-refractivity contribution in [1.29, 1.82) is 0 Å². The normalized spacial score (nSPS) is 10.5. The molecular weight excluding hydrogens is 290 g/mol. The number of rotatable bonds is 4. The molecule has 0 radical (unpaired) electrons. The zero-order valence-electron chi connectivity index (χ0n) is 13.2. The predicted molar refractivity (Wildman–Crippen MR) is 89.9 cm³/mol. The minimum Gasteiger partial charge on any atom is -0.344 e. The molecule has 2 aromatic rings. The largest absolute Gasteiger partial charge is 0.344 e. The molecular formula is C18H19N3O2. The van der Waals surface area contributed by atoms with Gasteiger partial charge in [-0.05, 0) is 25.0 Å². The van der Waals surface area contributed by atoms with Crippen molar-refractivity contribution in [2.45, 2.75) is 20.4 Å². The Labute approximate surface area is 135 Å². The fraction of sp³-hybridized carbons (Fsp3) is 0.167. The zero-order valence-corrected chi connectivity index (χ0v) is 13.2. The smallest absolute Gasteiger partial charge is 0.329 e. The number of carbonyl (C=O) groups excluding carboxylic acids is 2. The molecule has 0 aliphatic carbocycles. The van der Waals surface area contributed by atoms with E-state index >= 15 is 0 Å². The number of hydrazone groups is 1. The Morgan fingerprint density at radius 2 is 1.48 bits per heavy atom. The summed E-state index contributed by atoms with van der Waals surface area (Å²) in [6, 6.07) is 15.4. The van der Waals surface area contributed by atoms with E-state index in [9.17, 15) is 9.59 Å². The summed E-state index contributed by atoms with van der Waals surface area (Å²) in [5, 5.41) is 6.32. The standard InChI is InChI=1S/C18H19N3O2/c1-13-3-7-15(8-4-13)11-19-17(22)18(23)21-20-12-16-9-5-14(2)6-10-16/h3-10,12H,11H2,1-2H3,(H,19,22)(H,21,23)/b20-12+. The molecule has 2 rings (SSSR count). The Kier molecular flexibility index (Phi) is 5.63. The number of benzene rings is 2. The van der Waals surface area contributed by atoms with Gasteiger partial charge in [0.25, 0.3) is 0 Å². The predicted octanol–water partition coefficient (Wildman–Crippen LogP) is 2.07. The summed E-state index contributed by atoms with van der Waals surface area (Å²) in [5.74, 6) is -1.51. The van der Waals surface area contributed by atoms with Gasteiger partial charge in [0.05, 0.1) is 6.21 Å². The van der Waals surface area contributed by atoms with Crippen LogP contribution in [0.5, 0.6) is 0 Å². The number of aryl methyl sites for hydroxylation is 2. The van der Waals surface area contributed by atoms with Gasteiger partial charge in [-0.25, -0.2) is 5.43 Å². The first kappa shape index (κ1) is 16.4. The van der Waals surface area contributed by atoms with Crippen LogP contribution in [-0.4, -0.2) is 18.0 Å². The first-order valence-corrected chi connectivity index (χ1v) is 7.28. The summed E-state index contributed by atoms with van der Waals surface area (Å²) in [5.41, 5.74) is 6.27. The lowest BCUT2D eigenvalue weighted by Crippen LogP contribution is -2.37. The fourth-order valence-corrected chi connectivity index (χ4v) is 1.84. The van der Waals surface area contributed by atoms with Crippen LogP contribution in [-0.2, 0) is 16.1 Å². The molecule has 0 saturated heterocycles. The second kappa shape index (κ2) is 7.89. The maximum absolute atomic E-state index is 11.7. The van der Waals surface area contributed by atoms with E-state index < -0.39 is 11.8 Å². The Morgan fingerprint density at radius 1 is 0.913 bits per heavy atom. The van der Waals surface area contributed by atoms with Gasteiger partial charge >= 0.3 is 11.8 Å². The summed E-state index contributed by atoms with van der Waals surface area (Å²) in [6.07, 6.45) is 1.49. The summed E-state index contributed by atoms with van der Waals surface area (Å²) in [4.78, 5) is 23.3. The molecule has 0 heterocycles. The average Bonchev–Trinajstić information content (AvgIpc) is 2.55. The number of nitrogens with one attached hydrogen (secondary N) is 2. The molecule has 0 aliphatic heterocycles. The highest BCUT2D eigenvalue weighted by Crippen LogP contribution is 2.02. The van der Waals surface area contributed by atoms with Crippen LogP contribution in [0.15, 0.2) is 53.6 Å². The molecule has 0 spiro atoms. The molecule has 2 amide bonds. The van der Waals surface area contributed by atoms with E-state index in [1.807, 2.05) is 62.4 Å². The number of amides is 2. The van der Waals surface area contributed by atoms with Crippen LogP contribution >= 0.6 is 0 Å². The highest BCUT2D eigenvalue weighted by molar-refractivity contribution is 6.35. The minimum absolute atomic E-state index is 0.300. The third-order valence-electron chi connectivity index (χ3n) is 3.24. The van der Waals surface area contributed by atoms with E-state index in [1.54, 1.807) is 0 Å². The van der Waals surface area contributed by atoms with Gasteiger partial charge < -0.3 is 5.32 Å². The van der Waals surface area contributed by atoms with Crippen LogP contribution in [0.2, 0.25) is 0 Å². The lowest BCUT2D eigenvalue weighted by Gasteiger charge is -2.04. The van der Waals surface area contributed by atoms with Gasteiger partial charge in [0.1, 0.15) is 0 Å². The molecule has 118 valence electrons. The summed E-state index contributed by atoms with van der Waals surface area (Å²) >= 11 is 0. The fourth-order valence-electron chi connectivity index (χ4n) is 1.84. The maximum Gasteiger partial charge on any atom is 0.329 e. The molecule has 5 heteroatoms. The molecule has 5 nitrogen and oxygen atoms in total. The molecule has 0 saturated carbocycles. The minimum atomic E-state index is -0.791. The lowest BCUT2D eigenvalue weighted by atomic mass is 10.1. The molecule has 2 N–H and O–H groups in total. The first-order valence-electron chi connectivity index (χ1n) is 7.28. The Bertz CT molecular complexity index is 704. The SMILES string of the molecule is Cc1ccc(/C=N/NC(=O)C(=O)NCc2ccc(C)cc2)cc1. The molecule has 0 unspecified atom stereocenters. The van der Waals surface area contributed by atoms with E-state index in [0.717, 1.165) is 22.3 Å². The third kappa shape index (κ3) is 5.39. The van der Waals surface area contributed by atoms with Gasteiger partial charge in [0.2, 0.25) is 0 Å². The second-order valence-electron chi connectivity index (χ2n) is 5.28. The van der Waals surface area contributed by atoms with Crippen molar-refractivity contribution in [3.05, 3.63) is 70.8 Å². The van der Waals surface area contributed by atoms with Crippen LogP contribution in [0, 0.1) is 13.8 Å². The highest BCUT2D eigenvalue weighted by Gasteiger charge is 2.11. The molecule has 2 aromatic carbocycles. The van der Waals surface area contributed by atoms with Crippen LogP contribution < -0.4 is 10.7 Å². The van der Waals surface area contributed by atoms with Gasteiger partial charge in [-0.2, -0.15) is 5.10 Å². The molecule has 0 aliphatic rings. The highest BCUT2D eigenvalue weighted by atomic mass is 16.2. The van der Waals surface area contributed by atoms with Gasteiger partial charge in [0.15, 0.2) is 0 Å². The quantitative estimate of drug-likeness (QED) is 0.515. The van der Waals surface area contributed by atoms with E-state index in [2.05, 4.69) is 15.8 Å². The van der Waals surface area contributed by atoms with Gasteiger partial charge in [-0.1, -0.05) is 59.7 Å². The molecule has 23 heavy (non-hydrogen) atoms. The van der Waals surface area contributed by atoms with Crippen LogP contribution in [0.4, 0.5) is 0 Å². The number of hydrogen-bond acceptors (Lipinski definition) is 3. The summed E-state index contributed by atoms with van der Waals surface area (Å²) in [7, 11) is 0. The van der Waals surface area contributed by atoms with E-state index in [1.165, 1.54) is 6.21 Å². The topological polar surface area (TPSA) is 70.6 Å². The van der Waals surface area contributed by atoms with Crippen molar-refractivity contribution in [3.8, 4) is 0 Å². The molecule has 0 aromatic heterocycles. The second-order valence-corrected chi connectivity index (χ2v) is 5.28. The van der Waals surface area contributed by atoms with Gasteiger partial charge in [0, 0.05) is 6.54 Å². The Hall–Kier alpha value is -2.95. The van der Waals surface area contributed by atoms with E-state index in [-0.39, 0.29) is 0 Å². The van der Waals surface area contributed by atoms with E-state index in [0.29, 0.717) is 6.54 Å². The maximum atomic E-state index is 11.7. The van der Waals surface area contributed by atoms with Crippen LogP contribution in [0.1, 0.15) is 22.3 Å². The number of nitrogens with zero attached hydrogens (tertiary/aromatic N) is 1. The van der Waals surface area contributed by atoms with Gasteiger partial charge in [-0.15, -0.1) is 0 Å². The zero-order chi connectivity index (χ0) is 16.7. The van der Waals surface area contributed by atoms with Crippen LogP contribution in [0.3, 0.4) is 0 Å². The monoisotopic (exact) mass is 309 g/mol. The third-order valence-corrected chi connectivity index (χ3v) is 3.24. The number of carbonyl (C=O) groups is 2. The van der Waals surface area contributed by atoms with Crippen LogP contribution in [0.25, 0.3) is 0 Å². The lowest BCUT2D eigenvalue weighted by molar-refractivity contribution is -0.139. The van der Waals surface area contributed by atoms with Crippen molar-refractivity contribution >= 4 is 18.0 Å². The molecule has 0 fully saturated rings. The Balaban J connectivity index is 1.79. The Morgan fingerprint density at radius 3 is 2.09 bits per heavy atom. The number of hydrogen-bond donors (Lipinski definition) is 2.